The van der Waals surface area contributed by atoms with Crippen molar-refractivity contribution < 1.29 is 22.6 Å². The predicted molar refractivity (Wildman–Crippen MR) is 70.0 cm³/mol. The summed E-state index contributed by atoms with van der Waals surface area (Å²) in [5.41, 5.74) is 6.85. The topological polar surface area (TPSA) is 62.3 Å². The summed E-state index contributed by atoms with van der Waals surface area (Å²) in [4.78, 5) is 0. The maximum atomic E-state index is 12.3. The lowest BCUT2D eigenvalue weighted by Crippen LogP contribution is -2.17. The Balaban J connectivity index is 2.29. The molecule has 0 unspecified atom stereocenters. The van der Waals surface area contributed by atoms with Gasteiger partial charge in [0, 0.05) is 18.3 Å². The molecule has 0 fully saturated rings. The van der Waals surface area contributed by atoms with Crippen LogP contribution >= 0.6 is 0 Å². The quantitative estimate of drug-likeness (QED) is 0.921. The molecule has 8 heteroatoms. The molecule has 2 N–H and O–H groups in total. The Hall–Kier alpha value is -2.22. The summed E-state index contributed by atoms with van der Waals surface area (Å²) in [6.45, 7) is 1.01. The summed E-state index contributed by atoms with van der Waals surface area (Å²) in [6.07, 6.45) is -1.40. The van der Waals surface area contributed by atoms with E-state index in [-0.39, 0.29) is 11.5 Å². The minimum Gasteiger partial charge on any atom is -0.493 e. The van der Waals surface area contributed by atoms with Gasteiger partial charge in [-0.25, -0.2) is 0 Å². The third-order valence-electron chi connectivity index (χ3n) is 2.71. The van der Waals surface area contributed by atoms with E-state index in [1.54, 1.807) is 17.1 Å². The van der Waals surface area contributed by atoms with E-state index in [0.29, 0.717) is 18.7 Å². The van der Waals surface area contributed by atoms with E-state index < -0.39 is 6.36 Å². The van der Waals surface area contributed by atoms with Gasteiger partial charge in [0.2, 0.25) is 0 Å². The molecule has 0 spiro atoms. The summed E-state index contributed by atoms with van der Waals surface area (Å²) < 4.78 is 47.3. The maximum absolute atomic E-state index is 12.3. The van der Waals surface area contributed by atoms with Crippen LogP contribution in [0.25, 0.3) is 11.1 Å². The van der Waals surface area contributed by atoms with Crippen LogP contribution in [-0.4, -0.2) is 29.8 Å². The Morgan fingerprint density at radius 3 is 2.62 bits per heavy atom. The first-order chi connectivity index (χ1) is 9.93. The molecule has 0 saturated carbocycles. The Morgan fingerprint density at radius 2 is 2.00 bits per heavy atom. The van der Waals surface area contributed by atoms with Gasteiger partial charge in [0.15, 0.2) is 11.5 Å². The molecule has 0 aliphatic heterocycles. The van der Waals surface area contributed by atoms with Crippen LogP contribution < -0.4 is 15.2 Å². The van der Waals surface area contributed by atoms with Crippen molar-refractivity contribution in [3.05, 3.63) is 30.6 Å². The molecule has 2 aromatic rings. The van der Waals surface area contributed by atoms with E-state index in [1.165, 1.54) is 25.3 Å². The predicted octanol–water partition coefficient (Wildman–Crippen LogP) is 2.42. The number of halogens is 3. The van der Waals surface area contributed by atoms with Gasteiger partial charge in [0.05, 0.1) is 19.9 Å². The molecular weight excluding hydrogens is 287 g/mol. The number of ether oxygens (including phenoxy) is 2. The van der Waals surface area contributed by atoms with Crippen molar-refractivity contribution in [2.45, 2.75) is 12.9 Å². The molecule has 5 nitrogen and oxygen atoms in total. The van der Waals surface area contributed by atoms with Crippen molar-refractivity contribution >= 4 is 0 Å². The van der Waals surface area contributed by atoms with Crippen LogP contribution in [0.2, 0.25) is 0 Å². The number of rotatable bonds is 5. The highest BCUT2D eigenvalue weighted by Gasteiger charge is 2.32. The van der Waals surface area contributed by atoms with E-state index in [1.807, 2.05) is 0 Å². The molecule has 1 aromatic carbocycles. The fraction of sp³-hybridized carbons (Fsp3) is 0.308. The van der Waals surface area contributed by atoms with E-state index in [9.17, 15) is 13.2 Å². The molecule has 21 heavy (non-hydrogen) atoms. The van der Waals surface area contributed by atoms with Gasteiger partial charge in [-0.1, -0.05) is 6.07 Å². The van der Waals surface area contributed by atoms with Gasteiger partial charge < -0.3 is 15.2 Å². The molecule has 0 amide bonds. The third kappa shape index (κ3) is 3.88. The van der Waals surface area contributed by atoms with E-state index in [2.05, 4.69) is 9.84 Å². The lowest BCUT2D eigenvalue weighted by atomic mass is 10.1. The lowest BCUT2D eigenvalue weighted by Gasteiger charge is -2.13. The monoisotopic (exact) mass is 301 g/mol. The number of nitrogens with two attached hydrogens (primary N) is 1. The van der Waals surface area contributed by atoms with E-state index in [4.69, 9.17) is 10.5 Å². The minimum atomic E-state index is -4.76. The molecule has 1 heterocycles. The van der Waals surface area contributed by atoms with Gasteiger partial charge in [-0.2, -0.15) is 5.10 Å². The minimum absolute atomic E-state index is 0.00333. The molecule has 2 rings (SSSR count). The number of alkyl halides is 3. The molecular formula is C13H14F3N3O2. The zero-order chi connectivity index (χ0) is 15.5. The van der Waals surface area contributed by atoms with Gasteiger partial charge in [0.25, 0.3) is 0 Å². The van der Waals surface area contributed by atoms with Crippen LogP contribution in [0.1, 0.15) is 0 Å². The van der Waals surface area contributed by atoms with Crippen molar-refractivity contribution in [1.82, 2.24) is 9.78 Å². The first-order valence-corrected chi connectivity index (χ1v) is 6.09. The second-order valence-corrected chi connectivity index (χ2v) is 4.19. The van der Waals surface area contributed by atoms with Gasteiger partial charge in [0.1, 0.15) is 0 Å². The van der Waals surface area contributed by atoms with Crippen molar-refractivity contribution in [3.63, 3.8) is 0 Å². The third-order valence-corrected chi connectivity index (χ3v) is 2.71. The van der Waals surface area contributed by atoms with Crippen molar-refractivity contribution in [2.24, 2.45) is 5.73 Å². The molecule has 0 radical (unpaired) electrons. The van der Waals surface area contributed by atoms with Gasteiger partial charge in [-0.3, -0.25) is 4.68 Å². The van der Waals surface area contributed by atoms with E-state index >= 15 is 0 Å². The number of nitrogens with zero attached hydrogens (tertiary/aromatic N) is 2. The largest absolute Gasteiger partial charge is 0.573 e. The average Bonchev–Trinajstić information content (AvgIpc) is 2.86. The number of hydrogen-bond acceptors (Lipinski definition) is 4. The summed E-state index contributed by atoms with van der Waals surface area (Å²) in [6, 6.07) is 4.18. The summed E-state index contributed by atoms with van der Waals surface area (Å²) >= 11 is 0. The normalized spacial score (nSPS) is 11.5. The Kier molecular flexibility index (Phi) is 4.37. The SMILES string of the molecule is COc1cc(-c2cnn(CCN)c2)ccc1OC(F)(F)F. The zero-order valence-electron chi connectivity index (χ0n) is 11.2. The number of aromatic nitrogens is 2. The fourth-order valence-corrected chi connectivity index (χ4v) is 1.82. The lowest BCUT2D eigenvalue weighted by molar-refractivity contribution is -0.275. The molecule has 114 valence electrons. The van der Waals surface area contributed by atoms with Crippen molar-refractivity contribution in [2.75, 3.05) is 13.7 Å². The first-order valence-electron chi connectivity index (χ1n) is 6.09. The smallest absolute Gasteiger partial charge is 0.493 e. The summed E-state index contributed by atoms with van der Waals surface area (Å²) in [7, 11) is 1.28. The highest BCUT2D eigenvalue weighted by molar-refractivity contribution is 5.66. The Morgan fingerprint density at radius 1 is 1.24 bits per heavy atom. The van der Waals surface area contributed by atoms with Crippen LogP contribution in [0.3, 0.4) is 0 Å². The molecule has 0 saturated heterocycles. The fourth-order valence-electron chi connectivity index (χ4n) is 1.82. The van der Waals surface area contributed by atoms with Gasteiger partial charge >= 0.3 is 6.36 Å². The van der Waals surface area contributed by atoms with Crippen LogP contribution in [0.15, 0.2) is 30.6 Å². The number of benzene rings is 1. The standard InChI is InChI=1S/C13H14F3N3O2/c1-20-12-6-9(2-3-11(12)21-13(14,15)16)10-7-18-19(8-10)5-4-17/h2-3,6-8H,4-5,17H2,1H3. The average molecular weight is 301 g/mol. The second kappa shape index (κ2) is 6.04. The Bertz CT molecular complexity index is 611. The molecule has 0 aliphatic rings. The van der Waals surface area contributed by atoms with Crippen LogP contribution in [0.4, 0.5) is 13.2 Å². The van der Waals surface area contributed by atoms with Crippen LogP contribution in [0.5, 0.6) is 11.5 Å². The van der Waals surface area contributed by atoms with E-state index in [0.717, 1.165) is 5.56 Å². The first kappa shape index (κ1) is 15.2. The molecule has 0 atom stereocenters. The highest BCUT2D eigenvalue weighted by atomic mass is 19.4. The second-order valence-electron chi connectivity index (χ2n) is 4.19. The molecule has 0 bridgehead atoms. The van der Waals surface area contributed by atoms with Gasteiger partial charge in [-0.05, 0) is 17.7 Å². The van der Waals surface area contributed by atoms with Crippen LogP contribution in [-0.2, 0) is 6.54 Å². The number of methoxy groups -OCH3 is 1. The molecule has 1 aromatic heterocycles. The number of hydrogen-bond donors (Lipinski definition) is 1. The van der Waals surface area contributed by atoms with Crippen molar-refractivity contribution in [3.8, 4) is 22.6 Å². The van der Waals surface area contributed by atoms with Crippen LogP contribution in [0, 0.1) is 0 Å². The highest BCUT2D eigenvalue weighted by Crippen LogP contribution is 2.35. The summed E-state index contributed by atoms with van der Waals surface area (Å²) in [5.74, 6) is -0.389. The zero-order valence-corrected chi connectivity index (χ0v) is 11.2. The Labute approximate surface area is 119 Å². The van der Waals surface area contributed by atoms with Gasteiger partial charge in [-0.15, -0.1) is 13.2 Å². The van der Waals surface area contributed by atoms with Crippen molar-refractivity contribution in [1.29, 1.82) is 0 Å². The summed E-state index contributed by atoms with van der Waals surface area (Å²) in [5, 5.41) is 4.10. The maximum Gasteiger partial charge on any atom is 0.573 e. The molecule has 0 aliphatic carbocycles.